The standard InChI is InChI=1S/C19H21NO3/c1-2-23-19(22)18(21)15-20(13-16-9-5-3-6-10-16)14-17-11-7-4-8-12-17/h3-12,15,21H,2,13-14H2,1H3/b18-15-. The first-order chi connectivity index (χ1) is 11.2. The van der Waals surface area contributed by atoms with E-state index in [2.05, 4.69) is 0 Å². The number of esters is 1. The van der Waals surface area contributed by atoms with E-state index in [4.69, 9.17) is 4.74 Å². The van der Waals surface area contributed by atoms with E-state index in [0.717, 1.165) is 11.1 Å². The molecule has 2 aromatic carbocycles. The van der Waals surface area contributed by atoms with E-state index in [-0.39, 0.29) is 6.61 Å². The lowest BCUT2D eigenvalue weighted by molar-refractivity contribution is -0.141. The Bertz CT molecular complexity index is 597. The van der Waals surface area contributed by atoms with Gasteiger partial charge in [-0.1, -0.05) is 60.7 Å². The number of benzene rings is 2. The summed E-state index contributed by atoms with van der Waals surface area (Å²) in [6.07, 6.45) is 1.44. The van der Waals surface area contributed by atoms with Crippen LogP contribution in [0.25, 0.3) is 0 Å². The summed E-state index contributed by atoms with van der Waals surface area (Å²) in [6, 6.07) is 19.8. The maximum Gasteiger partial charge on any atom is 0.374 e. The zero-order chi connectivity index (χ0) is 16.5. The largest absolute Gasteiger partial charge is 0.501 e. The molecule has 0 aliphatic rings. The highest BCUT2D eigenvalue weighted by Crippen LogP contribution is 2.12. The second-order valence-corrected chi connectivity index (χ2v) is 5.11. The Hall–Kier alpha value is -2.75. The topological polar surface area (TPSA) is 49.8 Å². The molecule has 0 aliphatic carbocycles. The minimum atomic E-state index is -0.710. The minimum Gasteiger partial charge on any atom is -0.501 e. The van der Waals surface area contributed by atoms with E-state index in [1.807, 2.05) is 65.6 Å². The van der Waals surface area contributed by atoms with Crippen molar-refractivity contribution < 1.29 is 14.6 Å². The molecule has 0 aromatic heterocycles. The Morgan fingerprint density at radius 3 is 1.91 bits per heavy atom. The van der Waals surface area contributed by atoms with E-state index < -0.39 is 11.7 Å². The second-order valence-electron chi connectivity index (χ2n) is 5.11. The molecule has 23 heavy (non-hydrogen) atoms. The van der Waals surface area contributed by atoms with Crippen LogP contribution in [0.4, 0.5) is 0 Å². The summed E-state index contributed by atoms with van der Waals surface area (Å²) in [7, 11) is 0. The molecule has 120 valence electrons. The van der Waals surface area contributed by atoms with Gasteiger partial charge in [-0.3, -0.25) is 0 Å². The predicted octanol–water partition coefficient (Wildman–Crippen LogP) is 3.65. The quantitative estimate of drug-likeness (QED) is 0.482. The summed E-state index contributed by atoms with van der Waals surface area (Å²) < 4.78 is 4.82. The van der Waals surface area contributed by atoms with Crippen molar-refractivity contribution in [3.05, 3.63) is 83.7 Å². The van der Waals surface area contributed by atoms with Gasteiger partial charge in [0.25, 0.3) is 0 Å². The lowest BCUT2D eigenvalue weighted by Crippen LogP contribution is -2.19. The van der Waals surface area contributed by atoms with Crippen molar-refractivity contribution in [3.63, 3.8) is 0 Å². The first-order valence-corrected chi connectivity index (χ1v) is 7.59. The highest BCUT2D eigenvalue weighted by Gasteiger charge is 2.11. The van der Waals surface area contributed by atoms with Gasteiger partial charge in [0.15, 0.2) is 0 Å². The van der Waals surface area contributed by atoms with Crippen LogP contribution in [0.15, 0.2) is 72.6 Å². The summed E-state index contributed by atoms with van der Waals surface area (Å²) in [5, 5.41) is 9.92. The average Bonchev–Trinajstić information content (AvgIpc) is 2.57. The normalized spacial score (nSPS) is 11.1. The number of aliphatic hydroxyl groups is 1. The highest BCUT2D eigenvalue weighted by atomic mass is 16.5. The van der Waals surface area contributed by atoms with Crippen molar-refractivity contribution in [1.29, 1.82) is 0 Å². The van der Waals surface area contributed by atoms with Gasteiger partial charge < -0.3 is 14.7 Å². The average molecular weight is 311 g/mol. The number of carbonyl (C=O) groups excluding carboxylic acids is 1. The van der Waals surface area contributed by atoms with Gasteiger partial charge in [0.05, 0.1) is 12.8 Å². The molecule has 0 fully saturated rings. The number of rotatable bonds is 7. The van der Waals surface area contributed by atoms with Gasteiger partial charge in [0, 0.05) is 13.1 Å². The summed E-state index contributed by atoms with van der Waals surface area (Å²) in [6.45, 7) is 3.10. The molecule has 4 heteroatoms. The van der Waals surface area contributed by atoms with Crippen LogP contribution in [0.3, 0.4) is 0 Å². The van der Waals surface area contributed by atoms with Crippen LogP contribution in [-0.4, -0.2) is 22.6 Å². The molecule has 0 spiro atoms. The van der Waals surface area contributed by atoms with Crippen LogP contribution in [-0.2, 0) is 22.6 Å². The van der Waals surface area contributed by atoms with Crippen LogP contribution >= 0.6 is 0 Å². The smallest absolute Gasteiger partial charge is 0.374 e. The van der Waals surface area contributed by atoms with Gasteiger partial charge in [-0.05, 0) is 18.1 Å². The van der Waals surface area contributed by atoms with Crippen molar-refractivity contribution in [3.8, 4) is 0 Å². The molecule has 0 unspecified atom stereocenters. The Morgan fingerprint density at radius 2 is 1.48 bits per heavy atom. The third-order valence-corrected chi connectivity index (χ3v) is 3.25. The van der Waals surface area contributed by atoms with Crippen LogP contribution in [0, 0.1) is 0 Å². The number of carbonyl (C=O) groups is 1. The van der Waals surface area contributed by atoms with Crippen LogP contribution in [0.1, 0.15) is 18.1 Å². The van der Waals surface area contributed by atoms with Crippen molar-refractivity contribution in [2.45, 2.75) is 20.0 Å². The van der Waals surface area contributed by atoms with Crippen molar-refractivity contribution >= 4 is 5.97 Å². The molecule has 0 atom stereocenters. The molecule has 4 nitrogen and oxygen atoms in total. The van der Waals surface area contributed by atoms with Crippen molar-refractivity contribution in [2.75, 3.05) is 6.61 Å². The molecule has 0 saturated heterocycles. The molecular weight excluding hydrogens is 290 g/mol. The van der Waals surface area contributed by atoms with Crippen LogP contribution in [0.5, 0.6) is 0 Å². The van der Waals surface area contributed by atoms with Crippen LogP contribution < -0.4 is 0 Å². The fraction of sp³-hybridized carbons (Fsp3) is 0.211. The zero-order valence-electron chi connectivity index (χ0n) is 13.2. The first kappa shape index (κ1) is 16.6. The third-order valence-electron chi connectivity index (χ3n) is 3.25. The molecule has 0 heterocycles. The minimum absolute atomic E-state index is 0.230. The number of nitrogens with zero attached hydrogens (tertiary/aromatic N) is 1. The summed E-state index contributed by atoms with van der Waals surface area (Å²) in [5.74, 6) is -1.10. The van der Waals surface area contributed by atoms with E-state index >= 15 is 0 Å². The maximum atomic E-state index is 11.6. The zero-order valence-corrected chi connectivity index (χ0v) is 13.2. The van der Waals surface area contributed by atoms with Crippen LogP contribution in [0.2, 0.25) is 0 Å². The SMILES string of the molecule is CCOC(=O)/C(O)=C/N(Cc1ccccc1)Cc1ccccc1. The van der Waals surface area contributed by atoms with E-state index in [0.29, 0.717) is 13.1 Å². The Morgan fingerprint density at radius 1 is 1.00 bits per heavy atom. The maximum absolute atomic E-state index is 11.6. The van der Waals surface area contributed by atoms with Gasteiger partial charge in [0.1, 0.15) is 0 Å². The fourth-order valence-corrected chi connectivity index (χ4v) is 2.21. The third kappa shape index (κ3) is 5.51. The summed E-state index contributed by atoms with van der Waals surface area (Å²) in [5.41, 5.74) is 2.19. The number of hydrogen-bond donors (Lipinski definition) is 1. The van der Waals surface area contributed by atoms with E-state index in [1.54, 1.807) is 6.92 Å². The molecule has 0 aliphatic heterocycles. The summed E-state index contributed by atoms with van der Waals surface area (Å²) in [4.78, 5) is 13.5. The lowest BCUT2D eigenvalue weighted by Gasteiger charge is -2.21. The Kier molecular flexibility index (Phi) is 6.24. The molecule has 0 saturated carbocycles. The molecule has 0 bridgehead atoms. The van der Waals surface area contributed by atoms with Gasteiger partial charge >= 0.3 is 5.97 Å². The van der Waals surface area contributed by atoms with Gasteiger partial charge in [0.2, 0.25) is 5.76 Å². The Balaban J connectivity index is 2.17. The predicted molar refractivity (Wildman–Crippen MR) is 89.5 cm³/mol. The van der Waals surface area contributed by atoms with Gasteiger partial charge in [-0.25, -0.2) is 4.79 Å². The molecule has 0 radical (unpaired) electrons. The number of aliphatic hydroxyl groups excluding tert-OH is 1. The summed E-state index contributed by atoms with van der Waals surface area (Å²) >= 11 is 0. The molecular formula is C19H21NO3. The Labute approximate surface area is 136 Å². The molecule has 0 amide bonds. The lowest BCUT2D eigenvalue weighted by atomic mass is 10.2. The molecule has 1 N–H and O–H groups in total. The second kappa shape index (κ2) is 8.63. The monoisotopic (exact) mass is 311 g/mol. The molecule has 2 aromatic rings. The van der Waals surface area contributed by atoms with Crippen molar-refractivity contribution in [1.82, 2.24) is 4.90 Å². The van der Waals surface area contributed by atoms with Gasteiger partial charge in [-0.15, -0.1) is 0 Å². The first-order valence-electron chi connectivity index (χ1n) is 7.59. The van der Waals surface area contributed by atoms with E-state index in [1.165, 1.54) is 6.20 Å². The molecule has 2 rings (SSSR count). The van der Waals surface area contributed by atoms with Crippen molar-refractivity contribution in [2.24, 2.45) is 0 Å². The van der Waals surface area contributed by atoms with Gasteiger partial charge in [-0.2, -0.15) is 0 Å². The van der Waals surface area contributed by atoms with E-state index in [9.17, 15) is 9.90 Å². The number of hydrogen-bond acceptors (Lipinski definition) is 4. The number of ether oxygens (including phenoxy) is 1. The highest BCUT2D eigenvalue weighted by molar-refractivity contribution is 5.85. The fourth-order valence-electron chi connectivity index (χ4n) is 2.21.